The maximum atomic E-state index is 12.8. The van der Waals surface area contributed by atoms with Gasteiger partial charge in [-0.2, -0.15) is 0 Å². The summed E-state index contributed by atoms with van der Waals surface area (Å²) in [5, 5.41) is 14.2. The van der Waals surface area contributed by atoms with Crippen molar-refractivity contribution in [3.05, 3.63) is 100 Å². The SMILES string of the molecule is O=C(Nc1ccccc1)N(CCc1ccccn1)Cc1ccccc1[N+](=O)[O-]. The molecule has 7 nitrogen and oxygen atoms in total. The van der Waals surface area contributed by atoms with Crippen LogP contribution < -0.4 is 5.32 Å². The van der Waals surface area contributed by atoms with Gasteiger partial charge in [-0.1, -0.05) is 42.5 Å². The van der Waals surface area contributed by atoms with Gasteiger partial charge in [-0.3, -0.25) is 15.1 Å². The number of para-hydroxylation sites is 2. The van der Waals surface area contributed by atoms with Crippen LogP contribution in [0.25, 0.3) is 0 Å². The summed E-state index contributed by atoms with van der Waals surface area (Å²) in [6.07, 6.45) is 2.25. The summed E-state index contributed by atoms with van der Waals surface area (Å²) in [4.78, 5) is 29.6. The number of urea groups is 1. The fourth-order valence-electron chi connectivity index (χ4n) is 2.80. The molecule has 0 fully saturated rings. The normalized spacial score (nSPS) is 10.3. The lowest BCUT2D eigenvalue weighted by molar-refractivity contribution is -0.385. The lowest BCUT2D eigenvalue weighted by atomic mass is 10.1. The van der Waals surface area contributed by atoms with Gasteiger partial charge in [0.25, 0.3) is 5.69 Å². The number of benzene rings is 2. The Hall–Kier alpha value is -3.74. The van der Waals surface area contributed by atoms with E-state index < -0.39 is 4.92 Å². The highest BCUT2D eigenvalue weighted by Crippen LogP contribution is 2.20. The van der Waals surface area contributed by atoms with Gasteiger partial charge in [-0.05, 0) is 24.3 Å². The number of nitrogens with one attached hydrogen (secondary N) is 1. The third-order valence-electron chi connectivity index (χ3n) is 4.23. The van der Waals surface area contributed by atoms with Gasteiger partial charge in [0.2, 0.25) is 0 Å². The first-order valence-electron chi connectivity index (χ1n) is 8.86. The molecule has 142 valence electrons. The van der Waals surface area contributed by atoms with Crippen LogP contribution >= 0.6 is 0 Å². The summed E-state index contributed by atoms with van der Waals surface area (Å²) in [5.41, 5.74) is 2.00. The highest BCUT2D eigenvalue weighted by Gasteiger charge is 2.20. The Morgan fingerprint density at radius 1 is 1.00 bits per heavy atom. The van der Waals surface area contributed by atoms with Crippen LogP contribution in [0, 0.1) is 10.1 Å². The van der Waals surface area contributed by atoms with Crippen molar-refractivity contribution in [2.75, 3.05) is 11.9 Å². The molecular weight excluding hydrogens is 356 g/mol. The zero-order chi connectivity index (χ0) is 19.8. The smallest absolute Gasteiger partial charge is 0.320 e. The van der Waals surface area contributed by atoms with Gasteiger partial charge >= 0.3 is 6.03 Å². The van der Waals surface area contributed by atoms with Crippen molar-refractivity contribution in [3.8, 4) is 0 Å². The summed E-state index contributed by atoms with van der Waals surface area (Å²) >= 11 is 0. The van der Waals surface area contributed by atoms with E-state index in [1.54, 1.807) is 41.4 Å². The molecular formula is C21H20N4O3. The molecule has 2 amide bonds. The number of carbonyl (C=O) groups is 1. The fraction of sp³-hybridized carbons (Fsp3) is 0.143. The Kier molecular flexibility index (Phi) is 6.30. The molecule has 1 heterocycles. The number of anilines is 1. The van der Waals surface area contributed by atoms with E-state index in [1.165, 1.54) is 6.07 Å². The fourth-order valence-corrected chi connectivity index (χ4v) is 2.80. The van der Waals surface area contributed by atoms with Crippen molar-refractivity contribution in [1.29, 1.82) is 0 Å². The van der Waals surface area contributed by atoms with Gasteiger partial charge in [-0.25, -0.2) is 4.79 Å². The third kappa shape index (κ3) is 5.14. The lowest BCUT2D eigenvalue weighted by Gasteiger charge is -2.23. The van der Waals surface area contributed by atoms with Crippen LogP contribution in [0.15, 0.2) is 79.0 Å². The molecule has 1 aromatic heterocycles. The van der Waals surface area contributed by atoms with E-state index in [1.807, 2.05) is 36.4 Å². The van der Waals surface area contributed by atoms with Crippen LogP contribution in [0.1, 0.15) is 11.3 Å². The van der Waals surface area contributed by atoms with Gasteiger partial charge in [0.15, 0.2) is 0 Å². The first-order chi connectivity index (χ1) is 13.6. The number of nitro benzene ring substituents is 1. The van der Waals surface area contributed by atoms with E-state index in [9.17, 15) is 14.9 Å². The molecule has 0 unspecified atom stereocenters. The van der Waals surface area contributed by atoms with E-state index in [0.717, 1.165) is 5.69 Å². The van der Waals surface area contributed by atoms with Crippen molar-refractivity contribution in [1.82, 2.24) is 9.88 Å². The Labute approximate surface area is 162 Å². The average molecular weight is 376 g/mol. The molecule has 7 heteroatoms. The van der Waals surface area contributed by atoms with Gasteiger partial charge in [0, 0.05) is 42.2 Å². The molecule has 0 spiro atoms. The van der Waals surface area contributed by atoms with E-state index in [0.29, 0.717) is 24.2 Å². The highest BCUT2D eigenvalue weighted by atomic mass is 16.6. The Bertz CT molecular complexity index is 933. The molecule has 0 bridgehead atoms. The van der Waals surface area contributed by atoms with Crippen molar-refractivity contribution in [2.24, 2.45) is 0 Å². The van der Waals surface area contributed by atoms with Gasteiger partial charge in [0.1, 0.15) is 0 Å². The first kappa shape index (κ1) is 19.0. The minimum atomic E-state index is -0.429. The number of nitrogens with zero attached hydrogens (tertiary/aromatic N) is 3. The quantitative estimate of drug-likeness (QED) is 0.493. The van der Waals surface area contributed by atoms with Crippen LogP contribution in [-0.4, -0.2) is 27.4 Å². The number of rotatable bonds is 7. The minimum Gasteiger partial charge on any atom is -0.320 e. The summed E-state index contributed by atoms with van der Waals surface area (Å²) in [5.74, 6) is 0. The standard InChI is InChI=1S/C21H20N4O3/c26-21(23-19-10-2-1-3-11-19)24(15-13-18-9-6-7-14-22-18)16-17-8-4-5-12-20(17)25(27)28/h1-12,14H,13,15-16H2,(H,23,26). The van der Waals surface area contributed by atoms with Gasteiger partial charge < -0.3 is 10.2 Å². The second-order valence-corrected chi connectivity index (χ2v) is 6.17. The van der Waals surface area contributed by atoms with Crippen LogP contribution in [0.2, 0.25) is 0 Å². The number of carbonyl (C=O) groups excluding carboxylic acids is 1. The topological polar surface area (TPSA) is 88.4 Å². The Morgan fingerprint density at radius 3 is 2.43 bits per heavy atom. The maximum absolute atomic E-state index is 12.8. The summed E-state index contributed by atoms with van der Waals surface area (Å²) in [7, 11) is 0. The minimum absolute atomic E-state index is 0.00199. The zero-order valence-corrected chi connectivity index (χ0v) is 15.2. The summed E-state index contributed by atoms with van der Waals surface area (Å²) in [6, 6.07) is 20.8. The second-order valence-electron chi connectivity index (χ2n) is 6.17. The summed E-state index contributed by atoms with van der Waals surface area (Å²) in [6.45, 7) is 0.504. The molecule has 0 radical (unpaired) electrons. The number of aromatic nitrogens is 1. The molecule has 0 saturated heterocycles. The van der Waals surface area contributed by atoms with Crippen molar-refractivity contribution < 1.29 is 9.72 Å². The Morgan fingerprint density at radius 2 is 1.71 bits per heavy atom. The molecule has 1 N–H and O–H groups in total. The molecule has 0 aliphatic heterocycles. The van der Waals surface area contributed by atoms with Gasteiger partial charge in [0.05, 0.1) is 11.5 Å². The predicted molar refractivity (Wildman–Crippen MR) is 107 cm³/mol. The highest BCUT2D eigenvalue weighted by molar-refractivity contribution is 5.89. The first-order valence-corrected chi connectivity index (χ1v) is 8.86. The zero-order valence-electron chi connectivity index (χ0n) is 15.2. The van der Waals surface area contributed by atoms with Gasteiger partial charge in [-0.15, -0.1) is 0 Å². The molecule has 28 heavy (non-hydrogen) atoms. The van der Waals surface area contributed by atoms with Crippen molar-refractivity contribution in [3.63, 3.8) is 0 Å². The summed E-state index contributed by atoms with van der Waals surface area (Å²) < 4.78 is 0. The van der Waals surface area contributed by atoms with E-state index in [4.69, 9.17) is 0 Å². The van der Waals surface area contributed by atoms with E-state index in [-0.39, 0.29) is 18.3 Å². The molecule has 0 saturated carbocycles. The van der Waals surface area contributed by atoms with Crippen LogP contribution in [0.5, 0.6) is 0 Å². The molecule has 2 aromatic carbocycles. The van der Waals surface area contributed by atoms with Crippen molar-refractivity contribution in [2.45, 2.75) is 13.0 Å². The largest absolute Gasteiger partial charge is 0.322 e. The average Bonchev–Trinajstić information content (AvgIpc) is 2.72. The second kappa shape index (κ2) is 9.27. The monoisotopic (exact) mass is 376 g/mol. The molecule has 3 rings (SSSR count). The molecule has 3 aromatic rings. The van der Waals surface area contributed by atoms with Crippen molar-refractivity contribution >= 4 is 17.4 Å². The number of pyridine rings is 1. The van der Waals surface area contributed by atoms with Crippen LogP contribution in [0.3, 0.4) is 0 Å². The number of hydrogen-bond donors (Lipinski definition) is 1. The van der Waals surface area contributed by atoms with Crippen LogP contribution in [0.4, 0.5) is 16.2 Å². The molecule has 0 aliphatic rings. The van der Waals surface area contributed by atoms with E-state index in [2.05, 4.69) is 10.3 Å². The Balaban J connectivity index is 1.79. The number of nitro groups is 1. The number of hydrogen-bond acceptors (Lipinski definition) is 4. The molecule has 0 atom stereocenters. The molecule has 0 aliphatic carbocycles. The number of amides is 2. The predicted octanol–water partition coefficient (Wildman–Crippen LogP) is 4.27. The van der Waals surface area contributed by atoms with E-state index >= 15 is 0 Å². The lowest BCUT2D eigenvalue weighted by Crippen LogP contribution is -2.36. The third-order valence-corrected chi connectivity index (χ3v) is 4.23. The van der Waals surface area contributed by atoms with Crippen LogP contribution in [-0.2, 0) is 13.0 Å². The maximum Gasteiger partial charge on any atom is 0.322 e.